The Labute approximate surface area is 160 Å². The number of aromatic nitrogens is 2. The minimum absolute atomic E-state index is 0.00509. The summed E-state index contributed by atoms with van der Waals surface area (Å²) >= 11 is 0. The minimum Gasteiger partial charge on any atom is -0.381 e. The molecular formula is C19H31N5O3. The van der Waals surface area contributed by atoms with E-state index in [-0.39, 0.29) is 17.9 Å². The van der Waals surface area contributed by atoms with Gasteiger partial charge in [-0.25, -0.2) is 4.79 Å². The van der Waals surface area contributed by atoms with Crippen LogP contribution in [0.2, 0.25) is 0 Å². The van der Waals surface area contributed by atoms with Crippen LogP contribution in [0.5, 0.6) is 0 Å². The summed E-state index contributed by atoms with van der Waals surface area (Å²) in [7, 11) is 0. The first-order chi connectivity index (χ1) is 13.0. The highest BCUT2D eigenvalue weighted by atomic mass is 16.5. The van der Waals surface area contributed by atoms with E-state index in [9.17, 15) is 9.59 Å². The molecule has 2 aliphatic rings. The van der Waals surface area contributed by atoms with E-state index in [1.165, 1.54) is 0 Å². The summed E-state index contributed by atoms with van der Waals surface area (Å²) in [4.78, 5) is 26.0. The van der Waals surface area contributed by atoms with Crippen molar-refractivity contribution in [3.63, 3.8) is 0 Å². The van der Waals surface area contributed by atoms with Gasteiger partial charge in [0.1, 0.15) is 0 Å². The molecule has 1 atom stereocenters. The fraction of sp³-hybridized carbons (Fsp3) is 0.737. The fourth-order valence-corrected chi connectivity index (χ4v) is 3.60. The lowest BCUT2D eigenvalue weighted by molar-refractivity contribution is -0.136. The molecule has 0 bridgehead atoms. The van der Waals surface area contributed by atoms with Crippen molar-refractivity contribution in [2.45, 2.75) is 52.7 Å². The van der Waals surface area contributed by atoms with Crippen LogP contribution < -0.4 is 10.6 Å². The zero-order valence-electron chi connectivity index (χ0n) is 16.4. The van der Waals surface area contributed by atoms with Gasteiger partial charge in [-0.2, -0.15) is 5.10 Å². The van der Waals surface area contributed by atoms with Crippen molar-refractivity contribution in [3.05, 3.63) is 17.5 Å². The predicted molar refractivity (Wildman–Crippen MR) is 101 cm³/mol. The number of carbonyl (C=O) groups is 2. The third-order valence-electron chi connectivity index (χ3n) is 5.18. The maximum absolute atomic E-state index is 12.2. The summed E-state index contributed by atoms with van der Waals surface area (Å²) in [5, 5.41) is 10.3. The molecule has 0 aliphatic carbocycles. The van der Waals surface area contributed by atoms with E-state index in [4.69, 9.17) is 4.74 Å². The van der Waals surface area contributed by atoms with E-state index >= 15 is 0 Å². The molecule has 1 fully saturated rings. The molecule has 3 heterocycles. The number of ether oxygens (including phenoxy) is 1. The van der Waals surface area contributed by atoms with Gasteiger partial charge in [0.15, 0.2) is 0 Å². The third-order valence-corrected chi connectivity index (χ3v) is 5.18. The molecule has 1 aromatic rings. The quantitative estimate of drug-likeness (QED) is 0.705. The molecule has 27 heavy (non-hydrogen) atoms. The first-order valence-electron chi connectivity index (χ1n) is 9.96. The lowest BCUT2D eigenvalue weighted by Gasteiger charge is -2.29. The Morgan fingerprint density at radius 2 is 2.19 bits per heavy atom. The van der Waals surface area contributed by atoms with Crippen LogP contribution in [-0.4, -0.2) is 52.9 Å². The van der Waals surface area contributed by atoms with Crippen LogP contribution in [0.15, 0.2) is 6.07 Å². The van der Waals surface area contributed by atoms with Crippen LogP contribution >= 0.6 is 0 Å². The Balaban J connectivity index is 1.37. The fourth-order valence-electron chi connectivity index (χ4n) is 3.60. The van der Waals surface area contributed by atoms with Gasteiger partial charge in [0.2, 0.25) is 5.91 Å². The molecule has 3 rings (SSSR count). The lowest BCUT2D eigenvalue weighted by Crippen LogP contribution is -2.40. The summed E-state index contributed by atoms with van der Waals surface area (Å²) in [6.45, 7) is 8.60. The Morgan fingerprint density at radius 1 is 1.33 bits per heavy atom. The van der Waals surface area contributed by atoms with Gasteiger partial charge in [0.05, 0.1) is 31.0 Å². The summed E-state index contributed by atoms with van der Waals surface area (Å²) in [5.41, 5.74) is 1.84. The molecule has 3 amide bonds. The first kappa shape index (κ1) is 19.7. The molecule has 8 heteroatoms. The van der Waals surface area contributed by atoms with Gasteiger partial charge in [0, 0.05) is 32.2 Å². The second-order valence-electron chi connectivity index (χ2n) is 7.75. The molecule has 2 N–H and O–H groups in total. The zero-order valence-corrected chi connectivity index (χ0v) is 16.4. The van der Waals surface area contributed by atoms with E-state index in [1.807, 2.05) is 29.5 Å². The number of nitrogens with one attached hydrogen (secondary N) is 2. The second-order valence-corrected chi connectivity index (χ2v) is 7.75. The van der Waals surface area contributed by atoms with Crippen LogP contribution in [0.3, 0.4) is 0 Å². The molecule has 0 radical (unpaired) electrons. The average Bonchev–Trinajstić information content (AvgIpc) is 3.31. The topological polar surface area (TPSA) is 88.5 Å². The normalized spacial score (nSPS) is 19.2. The highest BCUT2D eigenvalue weighted by Crippen LogP contribution is 2.17. The molecule has 1 unspecified atom stereocenters. The Hall–Kier alpha value is -2.09. The van der Waals surface area contributed by atoms with Crippen molar-refractivity contribution in [3.8, 4) is 0 Å². The molecular weight excluding hydrogens is 346 g/mol. The maximum Gasteiger partial charge on any atom is 0.315 e. The Kier molecular flexibility index (Phi) is 6.71. The van der Waals surface area contributed by atoms with Gasteiger partial charge >= 0.3 is 6.03 Å². The van der Waals surface area contributed by atoms with E-state index in [2.05, 4.69) is 15.7 Å². The molecule has 1 aromatic heterocycles. The van der Waals surface area contributed by atoms with Crippen molar-refractivity contribution < 1.29 is 14.3 Å². The van der Waals surface area contributed by atoms with Crippen LogP contribution in [0.25, 0.3) is 0 Å². The third kappa shape index (κ3) is 5.45. The molecule has 1 saturated heterocycles. The molecule has 8 nitrogen and oxygen atoms in total. The van der Waals surface area contributed by atoms with E-state index in [0.717, 1.165) is 43.9 Å². The molecule has 0 spiro atoms. The van der Waals surface area contributed by atoms with Crippen molar-refractivity contribution in [2.24, 2.45) is 11.8 Å². The number of hydrogen-bond acceptors (Lipinski definition) is 4. The van der Waals surface area contributed by atoms with Crippen LogP contribution in [0, 0.1) is 11.8 Å². The number of amides is 3. The predicted octanol–water partition coefficient (Wildman–Crippen LogP) is 1.50. The summed E-state index contributed by atoms with van der Waals surface area (Å²) in [6, 6.07) is 1.81. The lowest BCUT2D eigenvalue weighted by atomic mass is 10.0. The van der Waals surface area contributed by atoms with Crippen molar-refractivity contribution in [2.75, 3.05) is 26.3 Å². The van der Waals surface area contributed by atoms with Gasteiger partial charge < -0.3 is 20.3 Å². The summed E-state index contributed by atoms with van der Waals surface area (Å²) in [5.74, 6) is 0.824. The SMILES string of the molecule is CC(C)C(=O)N1CCn2nc(CNC(=O)NCCCC3CCOC3)cc2C1. The number of rotatable bonds is 7. The summed E-state index contributed by atoms with van der Waals surface area (Å²) < 4.78 is 7.29. The van der Waals surface area contributed by atoms with Crippen LogP contribution in [-0.2, 0) is 29.2 Å². The van der Waals surface area contributed by atoms with E-state index in [0.29, 0.717) is 38.6 Å². The number of fused-ring (bicyclic) bond motifs is 1. The smallest absolute Gasteiger partial charge is 0.315 e. The van der Waals surface area contributed by atoms with Crippen LogP contribution in [0.4, 0.5) is 4.79 Å². The van der Waals surface area contributed by atoms with Crippen molar-refractivity contribution in [1.29, 1.82) is 0 Å². The van der Waals surface area contributed by atoms with E-state index in [1.54, 1.807) is 0 Å². The first-order valence-corrected chi connectivity index (χ1v) is 9.96. The number of urea groups is 1. The van der Waals surface area contributed by atoms with Gasteiger partial charge in [-0.05, 0) is 31.2 Å². The Morgan fingerprint density at radius 3 is 2.93 bits per heavy atom. The van der Waals surface area contributed by atoms with Gasteiger partial charge in [-0.3, -0.25) is 9.48 Å². The number of nitrogens with zero attached hydrogens (tertiary/aromatic N) is 3. The molecule has 150 valence electrons. The minimum atomic E-state index is -0.166. The zero-order chi connectivity index (χ0) is 19.2. The van der Waals surface area contributed by atoms with Crippen molar-refractivity contribution in [1.82, 2.24) is 25.3 Å². The monoisotopic (exact) mass is 377 g/mol. The van der Waals surface area contributed by atoms with Gasteiger partial charge in [-0.15, -0.1) is 0 Å². The Bertz CT molecular complexity index is 652. The average molecular weight is 377 g/mol. The summed E-state index contributed by atoms with van der Waals surface area (Å²) in [6.07, 6.45) is 3.21. The highest BCUT2D eigenvalue weighted by Gasteiger charge is 2.23. The number of carbonyl (C=O) groups excluding carboxylic acids is 2. The molecule has 0 aromatic carbocycles. The second kappa shape index (κ2) is 9.21. The van der Waals surface area contributed by atoms with Gasteiger partial charge in [0.25, 0.3) is 0 Å². The molecule has 0 saturated carbocycles. The van der Waals surface area contributed by atoms with Crippen LogP contribution in [0.1, 0.15) is 44.5 Å². The largest absolute Gasteiger partial charge is 0.381 e. The van der Waals surface area contributed by atoms with Crippen molar-refractivity contribution >= 4 is 11.9 Å². The number of hydrogen-bond donors (Lipinski definition) is 2. The molecule has 2 aliphatic heterocycles. The van der Waals surface area contributed by atoms with Gasteiger partial charge in [-0.1, -0.05) is 13.8 Å². The standard InChI is InChI=1S/C19H31N5O3/c1-14(2)18(25)23-7-8-24-17(12-23)10-16(22-24)11-21-19(26)20-6-3-4-15-5-9-27-13-15/h10,14-15H,3-9,11-13H2,1-2H3,(H2,20,21,26). The maximum atomic E-state index is 12.2. The van der Waals surface area contributed by atoms with E-state index < -0.39 is 0 Å². The highest BCUT2D eigenvalue weighted by molar-refractivity contribution is 5.78.